The molecule has 6 aromatic rings. The highest BCUT2D eigenvalue weighted by Crippen LogP contribution is 2.38. The van der Waals surface area contributed by atoms with Gasteiger partial charge in [0.1, 0.15) is 12.7 Å². The molecule has 0 bridgehead atoms. The van der Waals surface area contributed by atoms with Crippen LogP contribution in [0.1, 0.15) is 56.2 Å². The number of rotatable bonds is 5. The largest absolute Gasteiger partial charge is 0.295 e. The lowest BCUT2D eigenvalue weighted by Crippen LogP contribution is -2.32. The maximum absolute atomic E-state index is 2.53. The van der Waals surface area contributed by atoms with Gasteiger partial charge in [-0.15, -0.1) is 0 Å². The topological polar surface area (TPSA) is 12.7 Å². The van der Waals surface area contributed by atoms with Crippen LogP contribution in [0.25, 0.3) is 50.3 Å². The van der Waals surface area contributed by atoms with Crippen LogP contribution in [0, 0.1) is 6.92 Å². The maximum Gasteiger partial charge on any atom is 0.295 e. The molecule has 0 aliphatic rings. The molecule has 0 amide bonds. The van der Waals surface area contributed by atoms with Gasteiger partial charge in [0.2, 0.25) is 11.2 Å². The van der Waals surface area contributed by atoms with Gasteiger partial charge in [-0.25, -0.2) is 4.57 Å². The van der Waals surface area contributed by atoms with E-state index in [0.29, 0.717) is 11.8 Å². The molecule has 0 aliphatic heterocycles. The van der Waals surface area contributed by atoms with Crippen molar-refractivity contribution in [3.63, 3.8) is 0 Å². The molecular formula is C37H39N3+2. The Morgan fingerprint density at radius 3 is 1.88 bits per heavy atom. The molecule has 4 aromatic carbocycles. The van der Waals surface area contributed by atoms with Crippen LogP contribution in [-0.4, -0.2) is 4.57 Å². The fraction of sp³-hybridized carbons (Fsp3) is 0.243. The van der Waals surface area contributed by atoms with Gasteiger partial charge in [-0.3, -0.25) is 0 Å². The predicted octanol–water partition coefficient (Wildman–Crippen LogP) is 8.32. The first-order chi connectivity index (χ1) is 19.3. The molecule has 0 fully saturated rings. The molecular weight excluding hydrogens is 486 g/mol. The number of hydrogen-bond acceptors (Lipinski definition) is 0. The summed E-state index contributed by atoms with van der Waals surface area (Å²) in [7, 11) is 4.39. The third-order valence-electron chi connectivity index (χ3n) is 8.51. The van der Waals surface area contributed by atoms with Gasteiger partial charge in [0.15, 0.2) is 11.0 Å². The minimum absolute atomic E-state index is 0.400. The van der Waals surface area contributed by atoms with Crippen LogP contribution < -0.4 is 9.13 Å². The van der Waals surface area contributed by atoms with E-state index >= 15 is 0 Å². The summed E-state index contributed by atoms with van der Waals surface area (Å²) in [4.78, 5) is 0. The van der Waals surface area contributed by atoms with Gasteiger partial charge in [-0.05, 0) is 60.7 Å². The zero-order valence-corrected chi connectivity index (χ0v) is 24.7. The van der Waals surface area contributed by atoms with Crippen LogP contribution in [-0.2, 0) is 14.1 Å². The molecule has 3 heteroatoms. The van der Waals surface area contributed by atoms with Crippen molar-refractivity contribution in [2.45, 2.75) is 46.5 Å². The van der Waals surface area contributed by atoms with Crippen molar-refractivity contribution in [1.82, 2.24) is 4.57 Å². The summed E-state index contributed by atoms with van der Waals surface area (Å²) in [6.07, 6.45) is 0. The van der Waals surface area contributed by atoms with E-state index in [1.54, 1.807) is 0 Å². The van der Waals surface area contributed by atoms with Crippen molar-refractivity contribution in [2.24, 2.45) is 14.1 Å². The average Bonchev–Trinajstić information content (AvgIpc) is 3.25. The molecule has 0 spiro atoms. The van der Waals surface area contributed by atoms with Crippen LogP contribution >= 0.6 is 0 Å². The number of benzene rings is 4. The Morgan fingerprint density at radius 1 is 0.575 bits per heavy atom. The second-order valence-electron chi connectivity index (χ2n) is 11.6. The number of pyridine rings is 1. The third kappa shape index (κ3) is 4.03. The van der Waals surface area contributed by atoms with Crippen molar-refractivity contribution in [2.75, 3.05) is 0 Å². The SMILES string of the molecule is Cc1c(-c2ccc3ccccc3[n+]2C)cccc1-c1n(-c2c(C(C)C)cccc2C(C)C)c2ccccc2[n+]1C. The molecule has 40 heavy (non-hydrogen) atoms. The zero-order chi connectivity index (χ0) is 28.1. The Hall–Kier alpha value is -4.24. The Bertz CT molecular complexity index is 1860. The van der Waals surface area contributed by atoms with Gasteiger partial charge in [-0.2, -0.15) is 9.13 Å². The van der Waals surface area contributed by atoms with Crippen molar-refractivity contribution in [1.29, 1.82) is 0 Å². The summed E-state index contributed by atoms with van der Waals surface area (Å²) in [6, 6.07) is 35.5. The van der Waals surface area contributed by atoms with Crippen molar-refractivity contribution in [3.8, 4) is 28.3 Å². The van der Waals surface area contributed by atoms with Crippen LogP contribution in [0.4, 0.5) is 0 Å². The minimum atomic E-state index is 0.400. The van der Waals surface area contributed by atoms with Crippen LogP contribution in [0.15, 0.2) is 97.1 Å². The molecule has 0 saturated carbocycles. The van der Waals surface area contributed by atoms with Gasteiger partial charge in [0.25, 0.3) is 5.82 Å². The lowest BCUT2D eigenvalue weighted by molar-refractivity contribution is -0.633. The quantitative estimate of drug-likeness (QED) is 0.201. The number of imidazole rings is 1. The van der Waals surface area contributed by atoms with Gasteiger partial charge in [0, 0.05) is 34.2 Å². The summed E-state index contributed by atoms with van der Waals surface area (Å²) in [5, 5.41) is 1.25. The van der Waals surface area contributed by atoms with Crippen LogP contribution in [0.5, 0.6) is 0 Å². The highest BCUT2D eigenvalue weighted by molar-refractivity contribution is 5.83. The smallest absolute Gasteiger partial charge is 0.225 e. The summed E-state index contributed by atoms with van der Waals surface area (Å²) in [5.74, 6) is 2.01. The minimum Gasteiger partial charge on any atom is -0.225 e. The summed E-state index contributed by atoms with van der Waals surface area (Å²) < 4.78 is 7.23. The van der Waals surface area contributed by atoms with Gasteiger partial charge >= 0.3 is 0 Å². The second kappa shape index (κ2) is 10.1. The zero-order valence-electron chi connectivity index (χ0n) is 24.7. The van der Waals surface area contributed by atoms with Crippen molar-refractivity contribution in [3.05, 3.63) is 114 Å². The first-order valence-corrected chi connectivity index (χ1v) is 14.4. The van der Waals surface area contributed by atoms with E-state index in [4.69, 9.17) is 0 Å². The number of para-hydroxylation sites is 4. The first kappa shape index (κ1) is 26.0. The van der Waals surface area contributed by atoms with Crippen LogP contribution in [0.3, 0.4) is 0 Å². The Balaban J connectivity index is 1.70. The number of fused-ring (bicyclic) bond motifs is 2. The van der Waals surface area contributed by atoms with E-state index in [-0.39, 0.29) is 0 Å². The van der Waals surface area contributed by atoms with E-state index in [0.717, 1.165) is 0 Å². The average molecular weight is 526 g/mol. The van der Waals surface area contributed by atoms with E-state index in [1.807, 2.05) is 0 Å². The number of aromatic nitrogens is 3. The van der Waals surface area contributed by atoms with E-state index in [9.17, 15) is 0 Å². The predicted molar refractivity (Wildman–Crippen MR) is 167 cm³/mol. The highest BCUT2D eigenvalue weighted by Gasteiger charge is 2.32. The van der Waals surface area contributed by atoms with E-state index < -0.39 is 0 Å². The fourth-order valence-electron chi connectivity index (χ4n) is 6.38. The van der Waals surface area contributed by atoms with Crippen molar-refractivity contribution >= 4 is 21.9 Å². The van der Waals surface area contributed by atoms with Gasteiger partial charge in [-0.1, -0.05) is 76.2 Å². The Kier molecular flexibility index (Phi) is 6.54. The molecule has 6 rings (SSSR count). The summed E-state index contributed by atoms with van der Waals surface area (Å²) in [5.41, 5.74) is 12.8. The first-order valence-electron chi connectivity index (χ1n) is 14.4. The van der Waals surface area contributed by atoms with Gasteiger partial charge in [0.05, 0.1) is 12.6 Å². The maximum atomic E-state index is 2.53. The highest BCUT2D eigenvalue weighted by atomic mass is 15.2. The lowest BCUT2D eigenvalue weighted by Gasteiger charge is -2.19. The van der Waals surface area contributed by atoms with Gasteiger partial charge < -0.3 is 0 Å². The van der Waals surface area contributed by atoms with Crippen LogP contribution in [0.2, 0.25) is 0 Å². The summed E-state index contributed by atoms with van der Waals surface area (Å²) in [6.45, 7) is 11.5. The third-order valence-corrected chi connectivity index (χ3v) is 8.51. The molecule has 2 aromatic heterocycles. The molecule has 0 atom stereocenters. The molecule has 3 nitrogen and oxygen atoms in total. The molecule has 0 saturated heterocycles. The number of aryl methyl sites for hydroxylation is 2. The lowest BCUT2D eigenvalue weighted by atomic mass is 9.92. The second-order valence-corrected chi connectivity index (χ2v) is 11.6. The van der Waals surface area contributed by atoms with Crippen molar-refractivity contribution < 1.29 is 9.13 Å². The molecule has 200 valence electrons. The molecule has 0 N–H and O–H groups in total. The standard InChI is InChI=1S/C37H39N3/c1-24(2)28-15-12-16-29(25(3)4)36(28)40-35-21-11-10-20-34(35)39(7)37(40)31-18-13-17-30(26(31)5)33-23-22-27-14-8-9-19-32(27)38(33)6/h8-25H,1-7H3/q+2. The van der Waals surface area contributed by atoms with E-state index in [2.05, 4.69) is 159 Å². The monoisotopic (exact) mass is 525 g/mol. The molecule has 0 radical (unpaired) electrons. The summed E-state index contributed by atoms with van der Waals surface area (Å²) >= 11 is 0. The molecule has 0 unspecified atom stereocenters. The normalized spacial score (nSPS) is 11.8. The Morgan fingerprint density at radius 2 is 1.18 bits per heavy atom. The Labute approximate surface area is 238 Å². The number of hydrogen-bond donors (Lipinski definition) is 0. The number of nitrogens with zero attached hydrogens (tertiary/aromatic N) is 3. The molecule has 2 heterocycles. The van der Waals surface area contributed by atoms with E-state index in [1.165, 1.54) is 67.0 Å². The molecule has 0 aliphatic carbocycles. The fourth-order valence-corrected chi connectivity index (χ4v) is 6.38.